The van der Waals surface area contributed by atoms with Gasteiger partial charge in [0.2, 0.25) is 11.7 Å². The predicted molar refractivity (Wildman–Crippen MR) is 70.4 cm³/mol. The molecule has 1 saturated heterocycles. The van der Waals surface area contributed by atoms with E-state index in [9.17, 15) is 0 Å². The van der Waals surface area contributed by atoms with E-state index in [-0.39, 0.29) is 6.04 Å². The third-order valence-electron chi connectivity index (χ3n) is 3.44. The van der Waals surface area contributed by atoms with Crippen LogP contribution in [0.3, 0.4) is 0 Å². The molecule has 0 amide bonds. The highest BCUT2D eigenvalue weighted by Crippen LogP contribution is 2.22. The summed E-state index contributed by atoms with van der Waals surface area (Å²) in [6, 6.07) is 3.92. The van der Waals surface area contributed by atoms with Gasteiger partial charge in [0.15, 0.2) is 0 Å². The fourth-order valence-corrected chi connectivity index (χ4v) is 2.25. The second-order valence-electron chi connectivity index (χ2n) is 4.65. The Bertz CT molecular complexity index is 521. The van der Waals surface area contributed by atoms with Crippen LogP contribution in [-0.4, -0.2) is 46.2 Å². The van der Waals surface area contributed by atoms with Gasteiger partial charge in [-0.15, -0.1) is 0 Å². The highest BCUT2D eigenvalue weighted by Gasteiger charge is 2.23. The van der Waals surface area contributed by atoms with Gasteiger partial charge in [-0.2, -0.15) is 4.98 Å². The van der Waals surface area contributed by atoms with Crippen molar-refractivity contribution >= 4 is 0 Å². The van der Waals surface area contributed by atoms with Crippen molar-refractivity contribution in [2.75, 3.05) is 26.2 Å². The third kappa shape index (κ3) is 2.64. The fourth-order valence-electron chi connectivity index (χ4n) is 2.25. The van der Waals surface area contributed by atoms with E-state index in [0.29, 0.717) is 11.7 Å². The maximum Gasteiger partial charge on any atom is 0.244 e. The lowest BCUT2D eigenvalue weighted by Crippen LogP contribution is -2.44. The Hall–Kier alpha value is -1.79. The summed E-state index contributed by atoms with van der Waals surface area (Å²) in [5.74, 6) is 1.30. The predicted octanol–water partition coefficient (Wildman–Crippen LogP) is 1.10. The van der Waals surface area contributed by atoms with Crippen molar-refractivity contribution in [3.8, 4) is 11.4 Å². The zero-order valence-corrected chi connectivity index (χ0v) is 10.9. The van der Waals surface area contributed by atoms with Crippen molar-refractivity contribution in [3.05, 3.63) is 30.4 Å². The molecule has 0 saturated carbocycles. The van der Waals surface area contributed by atoms with Crippen LogP contribution in [0, 0.1) is 0 Å². The molecule has 100 valence electrons. The summed E-state index contributed by atoms with van der Waals surface area (Å²) in [7, 11) is 0. The van der Waals surface area contributed by atoms with Crippen molar-refractivity contribution in [1.29, 1.82) is 0 Å². The molecule has 2 aromatic rings. The average molecular weight is 259 g/mol. The molecule has 0 radical (unpaired) electrons. The number of aromatic nitrogens is 3. The topological polar surface area (TPSA) is 67.1 Å². The molecule has 0 bridgehead atoms. The number of pyridine rings is 1. The van der Waals surface area contributed by atoms with Crippen LogP contribution in [0.2, 0.25) is 0 Å². The first-order valence-electron chi connectivity index (χ1n) is 6.53. The van der Waals surface area contributed by atoms with Crippen LogP contribution in [0.4, 0.5) is 0 Å². The van der Waals surface area contributed by atoms with E-state index in [2.05, 4.69) is 32.3 Å². The van der Waals surface area contributed by atoms with Gasteiger partial charge in [-0.25, -0.2) is 0 Å². The van der Waals surface area contributed by atoms with Gasteiger partial charge in [-0.1, -0.05) is 5.16 Å². The quantitative estimate of drug-likeness (QED) is 0.890. The molecule has 1 aliphatic heterocycles. The third-order valence-corrected chi connectivity index (χ3v) is 3.44. The van der Waals surface area contributed by atoms with Crippen molar-refractivity contribution in [2.24, 2.45) is 0 Å². The van der Waals surface area contributed by atoms with Gasteiger partial charge < -0.3 is 9.84 Å². The van der Waals surface area contributed by atoms with Crippen LogP contribution in [0.5, 0.6) is 0 Å². The first kappa shape index (κ1) is 12.3. The maximum absolute atomic E-state index is 5.39. The lowest BCUT2D eigenvalue weighted by atomic mass is 10.2. The number of hydrogen-bond donors (Lipinski definition) is 1. The number of nitrogens with one attached hydrogen (secondary N) is 1. The standard InChI is InChI=1S/C13H17N5O/c1-10(18-8-6-15-7-9-18)13-16-12(17-19-13)11-2-4-14-5-3-11/h2-5,10,15H,6-9H2,1H3. The Kier molecular flexibility index (Phi) is 3.52. The summed E-state index contributed by atoms with van der Waals surface area (Å²) in [4.78, 5) is 10.8. The molecule has 19 heavy (non-hydrogen) atoms. The molecule has 6 heteroatoms. The van der Waals surface area contributed by atoms with Crippen LogP contribution in [0.15, 0.2) is 29.0 Å². The number of hydrogen-bond acceptors (Lipinski definition) is 6. The molecule has 6 nitrogen and oxygen atoms in total. The van der Waals surface area contributed by atoms with Crippen molar-refractivity contribution in [2.45, 2.75) is 13.0 Å². The maximum atomic E-state index is 5.39. The minimum atomic E-state index is 0.158. The molecular formula is C13H17N5O. The summed E-state index contributed by atoms with van der Waals surface area (Å²) < 4.78 is 5.39. The van der Waals surface area contributed by atoms with Crippen LogP contribution in [0.25, 0.3) is 11.4 Å². The van der Waals surface area contributed by atoms with Crippen molar-refractivity contribution in [3.63, 3.8) is 0 Å². The molecule has 1 aliphatic rings. The first-order chi connectivity index (χ1) is 9.34. The van der Waals surface area contributed by atoms with Crippen molar-refractivity contribution in [1.82, 2.24) is 25.3 Å². The van der Waals surface area contributed by atoms with Crippen LogP contribution >= 0.6 is 0 Å². The second kappa shape index (κ2) is 5.46. The van der Waals surface area contributed by atoms with Gasteiger partial charge in [0.05, 0.1) is 6.04 Å². The SMILES string of the molecule is CC(c1nc(-c2ccncc2)no1)N1CCNCC1. The molecule has 0 aromatic carbocycles. The molecule has 3 rings (SSSR count). The normalized spacial score (nSPS) is 18.4. The van der Waals surface area contributed by atoms with E-state index in [1.54, 1.807) is 12.4 Å². The zero-order chi connectivity index (χ0) is 13.1. The molecule has 1 N–H and O–H groups in total. The number of nitrogens with zero attached hydrogens (tertiary/aromatic N) is 4. The summed E-state index contributed by atoms with van der Waals surface area (Å²) >= 11 is 0. The minimum absolute atomic E-state index is 0.158. The van der Waals surface area contributed by atoms with Gasteiger partial charge in [-0.3, -0.25) is 9.88 Å². The molecule has 1 unspecified atom stereocenters. The summed E-state index contributed by atoms with van der Waals surface area (Å²) in [5, 5.41) is 7.38. The smallest absolute Gasteiger partial charge is 0.244 e. The van der Waals surface area contributed by atoms with Gasteiger partial charge in [0, 0.05) is 44.1 Å². The van der Waals surface area contributed by atoms with E-state index in [0.717, 1.165) is 31.7 Å². The Morgan fingerprint density at radius 3 is 2.74 bits per heavy atom. The largest absolute Gasteiger partial charge is 0.337 e. The molecule has 1 fully saturated rings. The fraction of sp³-hybridized carbons (Fsp3) is 0.462. The van der Waals surface area contributed by atoms with Crippen LogP contribution in [-0.2, 0) is 0 Å². The summed E-state index contributed by atoms with van der Waals surface area (Å²) in [6.45, 7) is 6.14. The molecule has 0 aliphatic carbocycles. The van der Waals surface area contributed by atoms with E-state index in [1.165, 1.54) is 0 Å². The van der Waals surface area contributed by atoms with Crippen LogP contribution < -0.4 is 5.32 Å². The van der Waals surface area contributed by atoms with Gasteiger partial charge >= 0.3 is 0 Å². The van der Waals surface area contributed by atoms with Gasteiger partial charge in [0.1, 0.15) is 0 Å². The van der Waals surface area contributed by atoms with E-state index < -0.39 is 0 Å². The van der Waals surface area contributed by atoms with E-state index in [4.69, 9.17) is 4.52 Å². The second-order valence-corrected chi connectivity index (χ2v) is 4.65. The monoisotopic (exact) mass is 259 g/mol. The highest BCUT2D eigenvalue weighted by atomic mass is 16.5. The number of piperazine rings is 1. The molecule has 0 spiro atoms. The summed E-state index contributed by atoms with van der Waals surface area (Å²) in [5.41, 5.74) is 0.928. The highest BCUT2D eigenvalue weighted by molar-refractivity contribution is 5.52. The lowest BCUT2D eigenvalue weighted by Gasteiger charge is -2.30. The van der Waals surface area contributed by atoms with E-state index in [1.807, 2.05) is 12.1 Å². The average Bonchev–Trinajstić information content (AvgIpc) is 2.98. The van der Waals surface area contributed by atoms with Gasteiger partial charge in [-0.05, 0) is 19.1 Å². The van der Waals surface area contributed by atoms with Crippen molar-refractivity contribution < 1.29 is 4.52 Å². The Balaban J connectivity index is 1.77. The molecule has 3 heterocycles. The van der Waals surface area contributed by atoms with Crippen LogP contribution in [0.1, 0.15) is 18.9 Å². The lowest BCUT2D eigenvalue weighted by molar-refractivity contribution is 0.154. The Morgan fingerprint density at radius 2 is 2.00 bits per heavy atom. The summed E-state index contributed by atoms with van der Waals surface area (Å²) in [6.07, 6.45) is 3.45. The zero-order valence-electron chi connectivity index (χ0n) is 10.9. The molecule has 1 atom stereocenters. The molecule has 2 aromatic heterocycles. The molecular weight excluding hydrogens is 242 g/mol. The Morgan fingerprint density at radius 1 is 1.26 bits per heavy atom. The Labute approximate surface area is 111 Å². The number of rotatable bonds is 3. The van der Waals surface area contributed by atoms with Gasteiger partial charge in [0.25, 0.3) is 0 Å². The van der Waals surface area contributed by atoms with E-state index >= 15 is 0 Å². The minimum Gasteiger partial charge on any atom is -0.337 e. The first-order valence-corrected chi connectivity index (χ1v) is 6.53.